The van der Waals surface area contributed by atoms with Crippen LogP contribution in [-0.4, -0.2) is 19.8 Å². The number of nitrogens with zero attached hydrogens (tertiary/aromatic N) is 4. The highest BCUT2D eigenvalue weighted by atomic mass is 35.5. The van der Waals surface area contributed by atoms with Crippen LogP contribution in [-0.2, 0) is 6.61 Å². The van der Waals surface area contributed by atoms with Crippen molar-refractivity contribution < 1.29 is 9.13 Å². The largest absolute Gasteiger partial charge is 0.486 e. The minimum Gasteiger partial charge on any atom is -0.486 e. The number of hydrogen-bond acceptors (Lipinski definition) is 5. The molecule has 0 atom stereocenters. The van der Waals surface area contributed by atoms with Crippen LogP contribution in [0.15, 0.2) is 48.5 Å². The molecule has 8 heteroatoms. The van der Waals surface area contributed by atoms with Gasteiger partial charge in [-0.1, -0.05) is 35.1 Å². The average molecular weight is 361 g/mol. The lowest BCUT2D eigenvalue weighted by molar-refractivity contribution is 0.292. The van der Waals surface area contributed by atoms with Crippen molar-refractivity contribution in [1.82, 2.24) is 19.8 Å². The van der Waals surface area contributed by atoms with Gasteiger partial charge in [0.1, 0.15) is 23.2 Å². The second-order valence-corrected chi connectivity index (χ2v) is 6.36. The van der Waals surface area contributed by atoms with Gasteiger partial charge in [0.05, 0.1) is 0 Å². The van der Waals surface area contributed by atoms with Crippen LogP contribution in [0.1, 0.15) is 5.82 Å². The van der Waals surface area contributed by atoms with Crippen LogP contribution in [0, 0.1) is 5.82 Å². The van der Waals surface area contributed by atoms with Crippen LogP contribution in [0.5, 0.6) is 5.75 Å². The van der Waals surface area contributed by atoms with E-state index in [4.69, 9.17) is 16.3 Å². The summed E-state index contributed by atoms with van der Waals surface area (Å²) in [6.07, 6.45) is 0. The quantitative estimate of drug-likeness (QED) is 0.546. The van der Waals surface area contributed by atoms with Gasteiger partial charge in [0.25, 0.3) is 0 Å². The molecule has 0 saturated heterocycles. The lowest BCUT2D eigenvalue weighted by atomic mass is 10.2. The maximum absolute atomic E-state index is 12.9. The van der Waals surface area contributed by atoms with Crippen molar-refractivity contribution in [2.75, 3.05) is 0 Å². The second kappa shape index (κ2) is 6.18. The molecular formula is C16H10ClFN4OS. The van der Waals surface area contributed by atoms with Crippen molar-refractivity contribution in [3.8, 4) is 16.3 Å². The van der Waals surface area contributed by atoms with Gasteiger partial charge in [0.15, 0.2) is 5.82 Å². The molecule has 0 aliphatic heterocycles. The van der Waals surface area contributed by atoms with Crippen molar-refractivity contribution in [1.29, 1.82) is 0 Å². The Balaban J connectivity index is 1.59. The number of halogens is 2. The maximum Gasteiger partial charge on any atom is 0.235 e. The summed E-state index contributed by atoms with van der Waals surface area (Å²) in [7, 11) is 0. The number of fused-ring (bicyclic) bond motifs is 1. The van der Waals surface area contributed by atoms with Gasteiger partial charge in [0, 0.05) is 10.6 Å². The fourth-order valence-corrected chi connectivity index (χ4v) is 3.21. The van der Waals surface area contributed by atoms with Crippen LogP contribution in [0.3, 0.4) is 0 Å². The van der Waals surface area contributed by atoms with Gasteiger partial charge in [-0.15, -0.1) is 10.2 Å². The summed E-state index contributed by atoms with van der Waals surface area (Å²) in [6.45, 7) is 0.186. The molecule has 0 radical (unpaired) electrons. The van der Waals surface area contributed by atoms with Gasteiger partial charge < -0.3 is 4.74 Å². The molecule has 4 rings (SSSR count). The first-order valence-electron chi connectivity index (χ1n) is 7.04. The number of rotatable bonds is 4. The molecule has 120 valence electrons. The summed E-state index contributed by atoms with van der Waals surface area (Å²) in [5, 5.41) is 14.2. The van der Waals surface area contributed by atoms with Gasteiger partial charge in [0.2, 0.25) is 4.96 Å². The highest BCUT2D eigenvalue weighted by Gasteiger charge is 2.13. The first kappa shape index (κ1) is 15.0. The molecule has 0 amide bonds. The molecule has 5 nitrogen and oxygen atoms in total. The first-order chi connectivity index (χ1) is 11.7. The summed E-state index contributed by atoms with van der Waals surface area (Å²) in [5.41, 5.74) is 0.920. The zero-order valence-electron chi connectivity index (χ0n) is 12.2. The van der Waals surface area contributed by atoms with Crippen molar-refractivity contribution in [3.63, 3.8) is 0 Å². The highest BCUT2D eigenvalue weighted by molar-refractivity contribution is 7.19. The third-order valence-corrected chi connectivity index (χ3v) is 4.49. The van der Waals surface area contributed by atoms with Gasteiger partial charge in [-0.3, -0.25) is 0 Å². The molecule has 0 aliphatic carbocycles. The van der Waals surface area contributed by atoms with Crippen molar-refractivity contribution in [2.45, 2.75) is 6.61 Å². The Morgan fingerprint density at radius 2 is 1.96 bits per heavy atom. The Kier molecular flexibility index (Phi) is 3.87. The predicted molar refractivity (Wildman–Crippen MR) is 89.8 cm³/mol. The van der Waals surface area contributed by atoms with E-state index in [1.165, 1.54) is 23.5 Å². The summed E-state index contributed by atoms with van der Waals surface area (Å²) < 4.78 is 20.1. The third kappa shape index (κ3) is 2.95. The SMILES string of the molecule is Fc1ccc(OCc2nnc3sc(-c4cccc(Cl)c4)nn23)cc1. The number of ether oxygens (including phenoxy) is 1. The molecule has 2 aromatic carbocycles. The Morgan fingerprint density at radius 3 is 2.75 bits per heavy atom. The Bertz CT molecular complexity index is 999. The highest BCUT2D eigenvalue weighted by Crippen LogP contribution is 2.27. The fourth-order valence-electron chi connectivity index (χ4n) is 2.16. The normalized spacial score (nSPS) is 11.1. The Labute approximate surface area is 145 Å². The van der Waals surface area contributed by atoms with Crippen molar-refractivity contribution in [2.24, 2.45) is 0 Å². The standard InChI is InChI=1S/C16H10ClFN4OS/c17-11-3-1-2-10(8-11)15-21-22-14(19-20-16(22)24-15)9-23-13-6-4-12(18)5-7-13/h1-8H,9H2. The summed E-state index contributed by atoms with van der Waals surface area (Å²) in [5.74, 6) is 0.815. The molecule has 0 saturated carbocycles. The van der Waals surface area contributed by atoms with Crippen LogP contribution >= 0.6 is 22.9 Å². The topological polar surface area (TPSA) is 52.3 Å². The van der Waals surface area contributed by atoms with E-state index in [0.717, 1.165) is 10.6 Å². The number of aromatic nitrogens is 4. The molecule has 24 heavy (non-hydrogen) atoms. The van der Waals surface area contributed by atoms with E-state index in [1.807, 2.05) is 24.3 Å². The Hall–Kier alpha value is -2.51. The summed E-state index contributed by atoms with van der Waals surface area (Å²) in [6, 6.07) is 13.3. The summed E-state index contributed by atoms with van der Waals surface area (Å²) >= 11 is 7.44. The fraction of sp³-hybridized carbons (Fsp3) is 0.0625. The number of benzene rings is 2. The molecule has 4 aromatic rings. The predicted octanol–water partition coefficient (Wildman–Crippen LogP) is 4.22. The van der Waals surface area contributed by atoms with Gasteiger partial charge in [-0.25, -0.2) is 4.39 Å². The van der Waals surface area contributed by atoms with E-state index < -0.39 is 0 Å². The molecule has 0 aliphatic rings. The maximum atomic E-state index is 12.9. The summed E-state index contributed by atoms with van der Waals surface area (Å²) in [4.78, 5) is 0.669. The zero-order chi connectivity index (χ0) is 16.5. The second-order valence-electron chi connectivity index (χ2n) is 4.97. The molecule has 0 spiro atoms. The van der Waals surface area contributed by atoms with Gasteiger partial charge in [-0.2, -0.15) is 9.61 Å². The number of hydrogen-bond donors (Lipinski definition) is 0. The molecule has 0 fully saturated rings. The van der Waals surface area contributed by atoms with Crippen LogP contribution in [0.4, 0.5) is 4.39 Å². The van der Waals surface area contributed by atoms with E-state index >= 15 is 0 Å². The lowest BCUT2D eigenvalue weighted by Gasteiger charge is -2.03. The smallest absolute Gasteiger partial charge is 0.235 e. The van der Waals surface area contributed by atoms with Crippen molar-refractivity contribution >= 4 is 27.9 Å². The van der Waals surface area contributed by atoms with Crippen molar-refractivity contribution in [3.05, 3.63) is 65.2 Å². The zero-order valence-corrected chi connectivity index (χ0v) is 13.8. The minimum atomic E-state index is -0.308. The molecule has 0 bridgehead atoms. The van der Waals surface area contributed by atoms with E-state index in [2.05, 4.69) is 15.3 Å². The van der Waals surface area contributed by atoms with Gasteiger partial charge >= 0.3 is 0 Å². The minimum absolute atomic E-state index is 0.186. The molecule has 0 N–H and O–H groups in total. The van der Waals surface area contributed by atoms with E-state index in [0.29, 0.717) is 21.6 Å². The van der Waals surface area contributed by atoms with E-state index in [-0.39, 0.29) is 12.4 Å². The molecule has 2 aromatic heterocycles. The Morgan fingerprint density at radius 1 is 1.12 bits per heavy atom. The van der Waals surface area contributed by atoms with E-state index in [9.17, 15) is 4.39 Å². The third-order valence-electron chi connectivity index (χ3n) is 3.31. The average Bonchev–Trinajstić information content (AvgIpc) is 3.15. The molecule has 0 unspecified atom stereocenters. The lowest BCUT2D eigenvalue weighted by Crippen LogP contribution is -2.02. The van der Waals surface area contributed by atoms with Crippen LogP contribution in [0.2, 0.25) is 5.02 Å². The first-order valence-corrected chi connectivity index (χ1v) is 8.24. The molecule has 2 heterocycles. The van der Waals surface area contributed by atoms with Crippen LogP contribution in [0.25, 0.3) is 15.5 Å². The molecular weight excluding hydrogens is 351 g/mol. The monoisotopic (exact) mass is 360 g/mol. The van der Waals surface area contributed by atoms with Crippen LogP contribution < -0.4 is 4.74 Å². The van der Waals surface area contributed by atoms with E-state index in [1.54, 1.807) is 16.6 Å². The van der Waals surface area contributed by atoms with Gasteiger partial charge in [-0.05, 0) is 36.4 Å².